The summed E-state index contributed by atoms with van der Waals surface area (Å²) in [7, 11) is 6.66. The number of aliphatic hydroxyl groups is 1. The molecule has 2 unspecified atom stereocenters. The molecule has 0 bridgehead atoms. The molecule has 38 heavy (non-hydrogen) atoms. The van der Waals surface area contributed by atoms with Gasteiger partial charge in [-0.1, -0.05) is 24.3 Å². The lowest BCUT2D eigenvalue weighted by Crippen LogP contribution is -2.47. The number of carbonyl (C=O) groups excluding carboxylic acids is 2. The van der Waals surface area contributed by atoms with Gasteiger partial charge in [-0.2, -0.15) is 18.2 Å². The zero-order valence-electron chi connectivity index (χ0n) is 22.1. The van der Waals surface area contributed by atoms with Gasteiger partial charge in [0.1, 0.15) is 12.1 Å². The van der Waals surface area contributed by atoms with Crippen LogP contribution in [0.1, 0.15) is 57.7 Å². The molecule has 0 spiro atoms. The van der Waals surface area contributed by atoms with Crippen molar-refractivity contribution in [2.45, 2.75) is 50.0 Å². The number of hydrogen-bond donors (Lipinski definition) is 3. The van der Waals surface area contributed by atoms with Crippen molar-refractivity contribution in [1.82, 2.24) is 9.80 Å². The number of alkyl halides is 3. The molecule has 11 heteroatoms. The van der Waals surface area contributed by atoms with E-state index in [1.54, 1.807) is 76.4 Å². The number of aliphatic imine (C=N–C) groups is 1. The minimum absolute atomic E-state index is 0.0457. The van der Waals surface area contributed by atoms with Gasteiger partial charge < -0.3 is 21.5 Å². The molecule has 206 valence electrons. The molecule has 0 saturated carbocycles. The van der Waals surface area contributed by atoms with Crippen LogP contribution >= 0.6 is 0 Å². The normalized spacial score (nSPS) is 19.3. The average Bonchev–Trinajstić information content (AvgIpc) is 2.96. The third kappa shape index (κ3) is 5.59. The zero-order valence-corrected chi connectivity index (χ0v) is 22.1. The van der Waals surface area contributed by atoms with Crippen LogP contribution in [0.3, 0.4) is 0 Å². The Morgan fingerprint density at radius 2 is 1.61 bits per heavy atom. The van der Waals surface area contributed by atoms with Gasteiger partial charge in [-0.05, 0) is 80.2 Å². The van der Waals surface area contributed by atoms with E-state index in [1.807, 2.05) is 0 Å². The summed E-state index contributed by atoms with van der Waals surface area (Å²) in [5, 5.41) is 10.6. The van der Waals surface area contributed by atoms with Crippen molar-refractivity contribution >= 4 is 17.6 Å². The topological polar surface area (TPSA) is 125 Å². The third-order valence-corrected chi connectivity index (χ3v) is 6.79. The lowest BCUT2D eigenvalue weighted by molar-refractivity contribution is -0.169. The van der Waals surface area contributed by atoms with E-state index in [2.05, 4.69) is 4.99 Å². The van der Waals surface area contributed by atoms with Crippen LogP contribution in [-0.4, -0.2) is 73.0 Å². The van der Waals surface area contributed by atoms with E-state index in [-0.39, 0.29) is 12.3 Å². The second-order valence-electron chi connectivity index (χ2n) is 10.2. The first-order chi connectivity index (χ1) is 17.6. The molecule has 0 aromatic heterocycles. The standard InChI is InChI=1S/C27H34F3N5O3/c1-15(31)14-26(24(32)33-25(38)27(28,29)30)20-10-8-18(22(36)34(2)3)12-16(20)6-7-17-13-19(9-11-21(17)26)23(37)35(4)5/h8-13,15,22,36H,6-7,14,31H2,1-5H3,(H2,32,33,38)/t15-,22?,26?/m0/s1. The average molecular weight is 534 g/mol. The Bertz CT molecular complexity index is 1260. The summed E-state index contributed by atoms with van der Waals surface area (Å²) in [5.41, 5.74) is 14.6. The highest BCUT2D eigenvalue weighted by Gasteiger charge is 2.46. The highest BCUT2D eigenvalue weighted by molar-refractivity contribution is 6.04. The first kappa shape index (κ1) is 29.3. The first-order valence-electron chi connectivity index (χ1n) is 12.1. The molecule has 0 saturated heterocycles. The number of nitrogens with zero attached hydrogens (tertiary/aromatic N) is 3. The fourth-order valence-corrected chi connectivity index (χ4v) is 5.07. The van der Waals surface area contributed by atoms with Crippen LogP contribution < -0.4 is 11.5 Å². The second kappa shape index (κ2) is 10.8. The van der Waals surface area contributed by atoms with E-state index >= 15 is 0 Å². The monoisotopic (exact) mass is 533 g/mol. The van der Waals surface area contributed by atoms with Crippen LogP contribution in [-0.2, 0) is 23.1 Å². The quantitative estimate of drug-likeness (QED) is 0.298. The minimum atomic E-state index is -5.21. The van der Waals surface area contributed by atoms with Gasteiger partial charge in [-0.3, -0.25) is 14.5 Å². The molecule has 5 N–H and O–H groups in total. The van der Waals surface area contributed by atoms with Gasteiger partial charge in [0.05, 0.1) is 5.41 Å². The molecule has 2 aromatic rings. The number of amidine groups is 1. The molecule has 0 aliphatic heterocycles. The number of aryl methyl sites for hydroxylation is 2. The smallest absolute Gasteiger partial charge is 0.386 e. The summed E-state index contributed by atoms with van der Waals surface area (Å²) < 4.78 is 39.8. The third-order valence-electron chi connectivity index (χ3n) is 6.79. The summed E-state index contributed by atoms with van der Waals surface area (Å²) in [6.07, 6.45) is -5.21. The number of rotatable bonds is 6. The molecule has 8 nitrogen and oxygen atoms in total. The van der Waals surface area contributed by atoms with E-state index < -0.39 is 35.6 Å². The van der Waals surface area contributed by atoms with Gasteiger partial charge >= 0.3 is 12.1 Å². The van der Waals surface area contributed by atoms with Gasteiger partial charge in [0.2, 0.25) is 0 Å². The summed E-state index contributed by atoms with van der Waals surface area (Å²) in [6.45, 7) is 1.69. The molecule has 0 fully saturated rings. The van der Waals surface area contributed by atoms with Gasteiger partial charge in [0.15, 0.2) is 0 Å². The first-order valence-corrected chi connectivity index (χ1v) is 12.1. The number of fused-ring (bicyclic) bond motifs is 2. The van der Waals surface area contributed by atoms with E-state index in [9.17, 15) is 27.9 Å². The predicted octanol–water partition coefficient (Wildman–Crippen LogP) is 2.51. The molecule has 3 atom stereocenters. The lowest BCUT2D eigenvalue weighted by atomic mass is 9.67. The predicted molar refractivity (Wildman–Crippen MR) is 139 cm³/mol. The lowest BCUT2D eigenvalue weighted by Gasteiger charge is -2.38. The van der Waals surface area contributed by atoms with Crippen molar-refractivity contribution in [3.05, 3.63) is 69.8 Å². The van der Waals surface area contributed by atoms with Crippen molar-refractivity contribution in [2.75, 3.05) is 28.2 Å². The Labute approximate surface area is 220 Å². The number of hydrogen-bond acceptors (Lipinski definition) is 5. The van der Waals surface area contributed by atoms with Crippen molar-refractivity contribution < 1.29 is 27.9 Å². The summed E-state index contributed by atoms with van der Waals surface area (Å²) >= 11 is 0. The highest BCUT2D eigenvalue weighted by atomic mass is 19.4. The number of benzene rings is 2. The van der Waals surface area contributed by atoms with Gasteiger partial charge in [0.25, 0.3) is 5.91 Å². The van der Waals surface area contributed by atoms with Crippen LogP contribution in [0.5, 0.6) is 0 Å². The maximum Gasteiger partial charge on any atom is 0.473 e. The Hall–Kier alpha value is -3.28. The number of aliphatic hydroxyl groups excluding tert-OH is 1. The molecular formula is C27H34F3N5O3. The molecule has 2 amide bonds. The summed E-state index contributed by atoms with van der Waals surface area (Å²) in [5.74, 6) is -3.09. The van der Waals surface area contributed by atoms with E-state index in [4.69, 9.17) is 11.5 Å². The van der Waals surface area contributed by atoms with Crippen LogP contribution in [0.2, 0.25) is 0 Å². The van der Waals surface area contributed by atoms with Gasteiger partial charge in [-0.25, -0.2) is 0 Å². The van der Waals surface area contributed by atoms with E-state index in [0.717, 1.165) is 5.56 Å². The number of amides is 2. The van der Waals surface area contributed by atoms with E-state index in [1.165, 1.54) is 4.90 Å². The maximum atomic E-state index is 13.3. The minimum Gasteiger partial charge on any atom is -0.386 e. The number of halogens is 3. The van der Waals surface area contributed by atoms with Crippen LogP contribution in [0, 0.1) is 0 Å². The molecule has 2 aromatic carbocycles. The van der Waals surface area contributed by atoms with Crippen molar-refractivity contribution in [2.24, 2.45) is 16.5 Å². The Morgan fingerprint density at radius 3 is 2.11 bits per heavy atom. The maximum absolute atomic E-state index is 13.3. The van der Waals surface area contributed by atoms with Gasteiger partial charge in [0, 0.05) is 25.7 Å². The van der Waals surface area contributed by atoms with E-state index in [0.29, 0.717) is 40.7 Å². The Morgan fingerprint density at radius 1 is 1.05 bits per heavy atom. The largest absolute Gasteiger partial charge is 0.473 e. The fraction of sp³-hybridized carbons (Fsp3) is 0.444. The Balaban J connectivity index is 2.39. The summed E-state index contributed by atoms with van der Waals surface area (Å²) in [4.78, 5) is 31.1. The van der Waals surface area contributed by atoms with Crippen molar-refractivity contribution in [3.63, 3.8) is 0 Å². The molecule has 1 aliphatic carbocycles. The Kier molecular flexibility index (Phi) is 8.35. The SMILES string of the molecule is C[C@H](N)CC1(C(N)=NC(=O)C(F)(F)F)c2ccc(C(=O)N(C)C)cc2CCc2cc(C(O)N(C)C)ccc21. The zero-order chi connectivity index (χ0) is 28.6. The molecule has 3 rings (SSSR count). The molecule has 1 aliphatic rings. The van der Waals surface area contributed by atoms with Crippen LogP contribution in [0.15, 0.2) is 41.4 Å². The van der Waals surface area contributed by atoms with Gasteiger partial charge in [-0.15, -0.1) is 0 Å². The van der Waals surface area contributed by atoms with Crippen molar-refractivity contribution in [3.8, 4) is 0 Å². The highest BCUT2D eigenvalue weighted by Crippen LogP contribution is 2.44. The fourth-order valence-electron chi connectivity index (χ4n) is 5.07. The number of nitrogens with two attached hydrogens (primary N) is 2. The molecular weight excluding hydrogens is 499 g/mol. The van der Waals surface area contributed by atoms with Crippen molar-refractivity contribution in [1.29, 1.82) is 0 Å². The number of carbonyl (C=O) groups is 2. The summed E-state index contributed by atoms with van der Waals surface area (Å²) in [6, 6.07) is 9.55. The van der Waals surface area contributed by atoms with Crippen LogP contribution in [0.25, 0.3) is 0 Å². The molecule has 0 heterocycles. The second-order valence-corrected chi connectivity index (χ2v) is 10.2. The molecule has 0 radical (unpaired) electrons. The van der Waals surface area contributed by atoms with Crippen LogP contribution in [0.4, 0.5) is 13.2 Å².